The minimum atomic E-state index is -0.636. The second-order valence-electron chi connectivity index (χ2n) is 24.8. The average Bonchev–Trinajstić information content (AvgIpc) is 1.66. The molecular weight excluding hydrogens is 1150 g/mol. The van der Waals surface area contributed by atoms with Crippen LogP contribution in [0.25, 0.3) is 67.6 Å². The van der Waals surface area contributed by atoms with Crippen LogP contribution in [0.15, 0.2) is 98.0 Å². The molecule has 454 valence electrons. The van der Waals surface area contributed by atoms with Gasteiger partial charge in [-0.05, 0) is 98.6 Å². The Morgan fingerprint density at radius 1 is 0.586 bits per heavy atom. The molecule has 8 aromatic heterocycles. The first-order chi connectivity index (χ1) is 42.5. The molecule has 6 fully saturated rings. The molecule has 2 aliphatic carbocycles. The van der Waals surface area contributed by atoms with E-state index in [9.17, 15) is 9.59 Å². The molecule has 12 heterocycles. The summed E-state index contributed by atoms with van der Waals surface area (Å²) in [5.41, 5.74) is 8.62. The van der Waals surface area contributed by atoms with Gasteiger partial charge in [-0.25, -0.2) is 29.5 Å². The smallest absolute Gasteiger partial charge is 0.373 e. The summed E-state index contributed by atoms with van der Waals surface area (Å²) in [6.45, 7) is 13.8. The van der Waals surface area contributed by atoms with Crippen molar-refractivity contribution in [3.8, 4) is 45.6 Å². The van der Waals surface area contributed by atoms with Crippen molar-refractivity contribution in [2.24, 2.45) is 23.7 Å². The molecule has 0 spiro atoms. The first-order valence-electron chi connectivity index (χ1n) is 30.9. The number of aromatic nitrogens is 12. The number of aromatic amines is 2. The van der Waals surface area contributed by atoms with E-state index in [0.717, 1.165) is 129 Å². The van der Waals surface area contributed by atoms with Crippen LogP contribution in [0.4, 0.5) is 11.9 Å². The summed E-state index contributed by atoms with van der Waals surface area (Å²) in [4.78, 5) is 65.9. The highest BCUT2D eigenvalue weighted by molar-refractivity contribution is 6.31. The number of piperidine rings is 2. The molecule has 1 aromatic carbocycles. The first-order valence-corrected chi connectivity index (χ1v) is 31.7. The summed E-state index contributed by atoms with van der Waals surface area (Å²) >= 11 is 12.9. The van der Waals surface area contributed by atoms with Gasteiger partial charge in [0.15, 0.2) is 0 Å². The number of fused-ring (bicyclic) bond motifs is 4. The number of nitrogens with one attached hydrogen (secondary N) is 3. The van der Waals surface area contributed by atoms with Crippen molar-refractivity contribution in [2.75, 3.05) is 62.3 Å². The van der Waals surface area contributed by atoms with Crippen LogP contribution in [0.1, 0.15) is 83.6 Å². The summed E-state index contributed by atoms with van der Waals surface area (Å²) in [6, 6.07) is 18.6. The van der Waals surface area contributed by atoms with Gasteiger partial charge in [0.05, 0.1) is 81.0 Å². The second-order valence-corrected chi connectivity index (χ2v) is 25.6. The lowest BCUT2D eigenvalue weighted by atomic mass is 9.83. The van der Waals surface area contributed by atoms with Crippen LogP contribution in [-0.2, 0) is 29.1 Å². The van der Waals surface area contributed by atoms with Crippen molar-refractivity contribution < 1.29 is 18.5 Å². The van der Waals surface area contributed by atoms with Crippen molar-refractivity contribution in [1.29, 1.82) is 0 Å². The molecule has 87 heavy (non-hydrogen) atoms. The van der Waals surface area contributed by atoms with Gasteiger partial charge in [-0.15, -0.1) is 0 Å². The van der Waals surface area contributed by atoms with E-state index in [1.54, 1.807) is 24.8 Å². The Labute approximate surface area is 512 Å². The Balaban J connectivity index is 0.000000155. The quantitative estimate of drug-likeness (QED) is 0.103. The number of nitrogens with zero attached hydrogens (tertiary/aromatic N) is 13. The number of hydrogen-bond acceptors (Lipinski definition) is 18. The maximum atomic E-state index is 11.9. The number of imidazole rings is 2. The molecule has 0 unspecified atom stereocenters. The fourth-order valence-electron chi connectivity index (χ4n) is 14.3. The van der Waals surface area contributed by atoms with Gasteiger partial charge in [0.1, 0.15) is 11.4 Å². The Kier molecular flexibility index (Phi) is 16.5. The van der Waals surface area contributed by atoms with E-state index in [2.05, 4.69) is 104 Å². The lowest BCUT2D eigenvalue weighted by Crippen LogP contribution is -2.59. The molecule has 4 atom stereocenters. The number of rotatable bonds is 12. The number of pyridine rings is 4. The Hall–Kier alpha value is -7.34. The van der Waals surface area contributed by atoms with Gasteiger partial charge in [0.25, 0.3) is 0 Å². The summed E-state index contributed by atoms with van der Waals surface area (Å²) in [5, 5.41) is 12.4. The maximum Gasteiger partial charge on any atom is 0.439 e. The Morgan fingerprint density at radius 3 is 1.61 bits per heavy atom. The van der Waals surface area contributed by atoms with E-state index >= 15 is 0 Å². The van der Waals surface area contributed by atoms with Crippen LogP contribution in [-0.4, -0.2) is 141 Å². The summed E-state index contributed by atoms with van der Waals surface area (Å²) < 4.78 is 27.0. The number of halogens is 2. The molecule has 0 amide bonds. The number of H-pyrrole nitrogens is 2. The number of ether oxygens (including phenoxy) is 2. The first kappa shape index (κ1) is 57.4. The topological polar surface area (TPSA) is 245 Å². The second kappa shape index (κ2) is 25.0. The zero-order valence-corrected chi connectivity index (χ0v) is 50.5. The highest BCUT2D eigenvalue weighted by atomic mass is 35.5. The van der Waals surface area contributed by atoms with Crippen LogP contribution >= 0.6 is 23.2 Å². The predicted octanol–water partition coefficient (Wildman–Crippen LogP) is 9.68. The molecule has 0 radical (unpaired) electrons. The van der Waals surface area contributed by atoms with Gasteiger partial charge >= 0.3 is 11.5 Å². The van der Waals surface area contributed by atoms with E-state index in [1.165, 1.54) is 56.9 Å². The van der Waals surface area contributed by atoms with Gasteiger partial charge in [-0.3, -0.25) is 33.9 Å². The third-order valence-electron chi connectivity index (χ3n) is 18.8. The minimum Gasteiger partial charge on any atom is -0.373 e. The molecule has 2 saturated carbocycles. The lowest BCUT2D eigenvalue weighted by molar-refractivity contribution is -0.0365. The lowest BCUT2D eigenvalue weighted by Gasteiger charge is -2.47. The number of morpholine rings is 2. The van der Waals surface area contributed by atoms with Gasteiger partial charge in [-0.2, -0.15) is 0 Å². The molecule has 15 rings (SSSR count). The summed E-state index contributed by atoms with van der Waals surface area (Å²) in [7, 11) is 0. The van der Waals surface area contributed by atoms with E-state index in [1.807, 2.05) is 24.3 Å². The summed E-state index contributed by atoms with van der Waals surface area (Å²) in [5.74, 6) is 3.73. The molecule has 6 aliphatic rings. The van der Waals surface area contributed by atoms with Crippen LogP contribution in [0, 0.1) is 23.7 Å². The van der Waals surface area contributed by atoms with Crippen molar-refractivity contribution in [1.82, 2.24) is 69.5 Å². The average molecular weight is 1220 g/mol. The van der Waals surface area contributed by atoms with Crippen LogP contribution in [0.5, 0.6) is 0 Å². The van der Waals surface area contributed by atoms with E-state index in [4.69, 9.17) is 61.7 Å². The molecule has 4 saturated heterocycles. The third kappa shape index (κ3) is 12.2. The van der Waals surface area contributed by atoms with Gasteiger partial charge in [-0.1, -0.05) is 103 Å². The zero-order chi connectivity index (χ0) is 59.1. The molecule has 9 aromatic rings. The Bertz CT molecular complexity index is 3990. The number of hydrogen-bond donors (Lipinski definition) is 3. The molecule has 4 aliphatic heterocycles. The molecular formula is C63H72Cl2N16O6. The molecule has 22 nitrogen and oxygen atoms in total. The van der Waals surface area contributed by atoms with E-state index < -0.39 is 11.5 Å². The number of likely N-dealkylation sites (tertiary alicyclic amines) is 1. The van der Waals surface area contributed by atoms with Gasteiger partial charge < -0.3 is 33.7 Å². The fraction of sp³-hybridized carbons (Fsp3) is 0.492. The molecule has 0 bridgehead atoms. The number of benzene rings is 1. The molecule has 3 N–H and O–H groups in total. The fourth-order valence-corrected chi connectivity index (χ4v) is 14.6. The van der Waals surface area contributed by atoms with Crippen molar-refractivity contribution in [3.05, 3.63) is 116 Å². The molecule has 24 heteroatoms. The van der Waals surface area contributed by atoms with Gasteiger partial charge in [0, 0.05) is 88.3 Å². The Morgan fingerprint density at radius 2 is 1.10 bits per heavy atom. The van der Waals surface area contributed by atoms with Crippen LogP contribution in [0.3, 0.4) is 0 Å². The SMILES string of the molecule is CC1CCC(Cn2c(N3CCO[C@@H]4CN(Cc5ccccc5)CC[C@H]43)nc3cc(-c4noc(=O)[nH]4)nc(-c4cncc(Cl)c4)c32)CC1.CC1CCC(Cn2c(N3CCO[C@@H]4CNCC[C@H]43)nc3cc(-c4noc(=O)[nH]4)nc(-c4cncc(Cl)c4)c32)CC1. The van der Waals surface area contributed by atoms with E-state index in [0.29, 0.717) is 57.9 Å². The van der Waals surface area contributed by atoms with E-state index in [-0.39, 0.29) is 35.9 Å². The summed E-state index contributed by atoms with van der Waals surface area (Å²) in [6.07, 6.45) is 18.6. The zero-order valence-electron chi connectivity index (χ0n) is 49.0. The van der Waals surface area contributed by atoms with Crippen LogP contribution in [0.2, 0.25) is 10.0 Å². The monoisotopic (exact) mass is 1220 g/mol. The predicted molar refractivity (Wildman–Crippen MR) is 332 cm³/mol. The normalized spacial score (nSPS) is 24.4. The van der Waals surface area contributed by atoms with Gasteiger partial charge in [0.2, 0.25) is 23.5 Å². The number of anilines is 2. The highest BCUT2D eigenvalue weighted by Crippen LogP contribution is 2.42. The minimum absolute atomic E-state index is 0.0792. The standard InChI is InChI=1S/C35H39ClN8O3.C28H33ClN8O3/c1-22-7-9-24(10-8-22)20-44-32-27(16-28(33-40-35(45)47-41-33)38-31(32)25-15-26(36)18-37-17-25)39-34(44)43-13-14-46-30-21-42(12-11-29(30)43)19-23-5-3-2-4-6-23;1-16-2-4-17(5-3-16)15-37-25-20(33-27(37)36-8-9-39-23-14-30-7-6-22(23)36)11-21(26-34-28(38)40-35-26)32-24(25)18-10-19(29)13-31-12-18/h2-6,15-18,22,24,29-30H,7-14,19-21H2,1H3,(H,40,41,45);10-13,16-17,22-23,30H,2-9,14-15H2,1H3,(H,34,35,38)/t22?,24?,29-,30-;16?,17?,22-,23-/m11/s1. The van der Waals surface area contributed by atoms with Crippen molar-refractivity contribution >= 4 is 57.2 Å². The van der Waals surface area contributed by atoms with Crippen molar-refractivity contribution in [3.63, 3.8) is 0 Å². The van der Waals surface area contributed by atoms with Crippen LogP contribution < -0.4 is 26.6 Å². The third-order valence-corrected chi connectivity index (χ3v) is 19.2. The van der Waals surface area contributed by atoms with Crippen molar-refractivity contribution in [2.45, 2.75) is 122 Å². The highest BCUT2D eigenvalue weighted by Gasteiger charge is 2.41. The maximum absolute atomic E-state index is 11.9. The largest absolute Gasteiger partial charge is 0.439 e.